The lowest BCUT2D eigenvalue weighted by molar-refractivity contribution is 0.112. The first-order valence-electron chi connectivity index (χ1n) is 5.55. The molecule has 3 heteroatoms. The van der Waals surface area contributed by atoms with Crippen LogP contribution in [0, 0.1) is 12.7 Å². The maximum absolute atomic E-state index is 13.6. The molecule has 0 saturated carbocycles. The van der Waals surface area contributed by atoms with Crippen molar-refractivity contribution in [2.45, 2.75) is 6.92 Å². The van der Waals surface area contributed by atoms with Crippen LogP contribution in [0.15, 0.2) is 36.4 Å². The van der Waals surface area contributed by atoms with Crippen LogP contribution < -0.4 is 4.74 Å². The number of hydrogen-bond acceptors (Lipinski definition) is 2. The van der Waals surface area contributed by atoms with Crippen LogP contribution in [0.1, 0.15) is 15.9 Å². The second kappa shape index (κ2) is 5.00. The van der Waals surface area contributed by atoms with Crippen molar-refractivity contribution in [3.05, 3.63) is 53.3 Å². The number of carbonyl (C=O) groups excluding carboxylic acids is 1. The number of methoxy groups -OCH3 is 1. The molecule has 0 N–H and O–H groups in total. The quantitative estimate of drug-likeness (QED) is 0.771. The average Bonchev–Trinajstić information content (AvgIpc) is 2.38. The minimum absolute atomic E-state index is 0.223. The normalized spacial score (nSPS) is 10.2. The molecule has 0 saturated heterocycles. The molecule has 2 rings (SSSR count). The van der Waals surface area contributed by atoms with Gasteiger partial charge in [0.05, 0.1) is 7.11 Å². The van der Waals surface area contributed by atoms with E-state index in [0.717, 1.165) is 23.0 Å². The van der Waals surface area contributed by atoms with Gasteiger partial charge in [0.25, 0.3) is 0 Å². The van der Waals surface area contributed by atoms with Crippen LogP contribution in [-0.4, -0.2) is 13.4 Å². The Balaban J connectivity index is 2.48. The number of ether oxygens (including phenoxy) is 1. The molecule has 0 aliphatic carbocycles. The fourth-order valence-electron chi connectivity index (χ4n) is 1.92. The maximum atomic E-state index is 13.6. The van der Waals surface area contributed by atoms with E-state index in [1.807, 2.05) is 13.0 Å². The number of hydrogen-bond donors (Lipinski definition) is 0. The maximum Gasteiger partial charge on any atom is 0.165 e. The topological polar surface area (TPSA) is 26.3 Å². The molecule has 0 atom stereocenters. The highest BCUT2D eigenvalue weighted by Crippen LogP contribution is 2.28. The van der Waals surface area contributed by atoms with E-state index in [-0.39, 0.29) is 5.75 Å². The molecule has 0 aromatic heterocycles. The van der Waals surface area contributed by atoms with Gasteiger partial charge in [-0.2, -0.15) is 0 Å². The summed E-state index contributed by atoms with van der Waals surface area (Å²) in [6, 6.07) is 10.1. The van der Waals surface area contributed by atoms with E-state index in [1.165, 1.54) is 13.2 Å². The average molecular weight is 244 g/mol. The molecular weight excluding hydrogens is 231 g/mol. The third-order valence-corrected chi connectivity index (χ3v) is 2.85. The zero-order valence-corrected chi connectivity index (χ0v) is 10.2. The number of aryl methyl sites for hydroxylation is 1. The number of aldehydes is 1. The molecule has 92 valence electrons. The highest BCUT2D eigenvalue weighted by molar-refractivity contribution is 5.78. The van der Waals surface area contributed by atoms with Crippen molar-refractivity contribution in [2.75, 3.05) is 7.11 Å². The fraction of sp³-hybridized carbons (Fsp3) is 0.133. The Hall–Kier alpha value is -2.16. The van der Waals surface area contributed by atoms with Gasteiger partial charge in [0.1, 0.15) is 6.29 Å². The van der Waals surface area contributed by atoms with Crippen molar-refractivity contribution in [1.29, 1.82) is 0 Å². The molecule has 0 unspecified atom stereocenters. The molecule has 2 nitrogen and oxygen atoms in total. The summed E-state index contributed by atoms with van der Waals surface area (Å²) in [5.41, 5.74) is 3.22. The van der Waals surface area contributed by atoms with Crippen molar-refractivity contribution < 1.29 is 13.9 Å². The highest BCUT2D eigenvalue weighted by atomic mass is 19.1. The van der Waals surface area contributed by atoms with Crippen LogP contribution >= 0.6 is 0 Å². The predicted molar refractivity (Wildman–Crippen MR) is 68.5 cm³/mol. The van der Waals surface area contributed by atoms with Gasteiger partial charge >= 0.3 is 0 Å². The first-order chi connectivity index (χ1) is 8.65. The van der Waals surface area contributed by atoms with Crippen molar-refractivity contribution in [1.82, 2.24) is 0 Å². The minimum Gasteiger partial charge on any atom is -0.494 e. The van der Waals surface area contributed by atoms with Gasteiger partial charge in [0.15, 0.2) is 11.6 Å². The number of carbonyl (C=O) groups is 1. The lowest BCUT2D eigenvalue weighted by atomic mass is 9.98. The molecule has 0 aliphatic heterocycles. The lowest BCUT2D eigenvalue weighted by Crippen LogP contribution is -1.91. The summed E-state index contributed by atoms with van der Waals surface area (Å²) < 4.78 is 18.5. The van der Waals surface area contributed by atoms with E-state index in [2.05, 4.69) is 0 Å². The van der Waals surface area contributed by atoms with Crippen LogP contribution in [0.5, 0.6) is 5.75 Å². The zero-order valence-electron chi connectivity index (χ0n) is 10.2. The third kappa shape index (κ3) is 2.25. The summed E-state index contributed by atoms with van der Waals surface area (Å²) in [6.45, 7) is 1.89. The molecular formula is C15H13FO2. The summed E-state index contributed by atoms with van der Waals surface area (Å²) in [5, 5.41) is 0. The van der Waals surface area contributed by atoms with Gasteiger partial charge in [-0.1, -0.05) is 18.2 Å². The standard InChI is InChI=1S/C15H13FO2/c1-10-7-11(9-17)3-5-13(10)12-4-6-15(18-2)14(16)8-12/h3-9H,1-2H3. The van der Waals surface area contributed by atoms with Gasteiger partial charge in [-0.25, -0.2) is 4.39 Å². The van der Waals surface area contributed by atoms with Crippen molar-refractivity contribution >= 4 is 6.29 Å². The van der Waals surface area contributed by atoms with Gasteiger partial charge in [0, 0.05) is 5.56 Å². The van der Waals surface area contributed by atoms with Crippen molar-refractivity contribution in [3.63, 3.8) is 0 Å². The Morgan fingerprint density at radius 2 is 1.94 bits per heavy atom. The van der Waals surface area contributed by atoms with Gasteiger partial charge in [0.2, 0.25) is 0 Å². The summed E-state index contributed by atoms with van der Waals surface area (Å²) in [6.07, 6.45) is 0.797. The van der Waals surface area contributed by atoms with E-state index < -0.39 is 5.82 Å². The second-order valence-corrected chi connectivity index (χ2v) is 4.04. The number of benzene rings is 2. The first-order valence-corrected chi connectivity index (χ1v) is 5.55. The van der Waals surface area contributed by atoms with Crippen LogP contribution in [0.2, 0.25) is 0 Å². The fourth-order valence-corrected chi connectivity index (χ4v) is 1.92. The molecule has 0 bridgehead atoms. The van der Waals surface area contributed by atoms with E-state index in [1.54, 1.807) is 24.3 Å². The van der Waals surface area contributed by atoms with Gasteiger partial charge in [-0.15, -0.1) is 0 Å². The van der Waals surface area contributed by atoms with Crippen LogP contribution in [-0.2, 0) is 0 Å². The minimum atomic E-state index is -0.395. The molecule has 0 radical (unpaired) electrons. The molecule has 0 heterocycles. The highest BCUT2D eigenvalue weighted by Gasteiger charge is 2.07. The Morgan fingerprint density at radius 3 is 2.50 bits per heavy atom. The summed E-state index contributed by atoms with van der Waals surface area (Å²) >= 11 is 0. The second-order valence-electron chi connectivity index (χ2n) is 4.04. The Morgan fingerprint density at radius 1 is 1.17 bits per heavy atom. The van der Waals surface area contributed by atoms with Crippen LogP contribution in [0.3, 0.4) is 0 Å². The molecule has 0 spiro atoms. The zero-order chi connectivity index (χ0) is 13.1. The van der Waals surface area contributed by atoms with Gasteiger partial charge in [-0.05, 0) is 41.8 Å². The Bertz CT molecular complexity index is 591. The Labute approximate surface area is 105 Å². The summed E-state index contributed by atoms with van der Waals surface area (Å²) in [5.74, 6) is -0.172. The van der Waals surface area contributed by atoms with E-state index in [4.69, 9.17) is 4.74 Å². The predicted octanol–water partition coefficient (Wildman–Crippen LogP) is 3.62. The third-order valence-electron chi connectivity index (χ3n) is 2.85. The number of halogens is 1. The Kier molecular flexibility index (Phi) is 3.42. The number of rotatable bonds is 3. The van der Waals surface area contributed by atoms with Crippen molar-refractivity contribution in [2.24, 2.45) is 0 Å². The van der Waals surface area contributed by atoms with Crippen LogP contribution in [0.4, 0.5) is 4.39 Å². The summed E-state index contributed by atoms with van der Waals surface area (Å²) in [7, 11) is 1.43. The van der Waals surface area contributed by atoms with Crippen molar-refractivity contribution in [3.8, 4) is 16.9 Å². The first kappa shape index (κ1) is 12.3. The largest absolute Gasteiger partial charge is 0.494 e. The SMILES string of the molecule is COc1ccc(-c2ccc(C=O)cc2C)cc1F. The van der Waals surface area contributed by atoms with E-state index in [0.29, 0.717) is 5.56 Å². The monoisotopic (exact) mass is 244 g/mol. The molecule has 2 aromatic rings. The van der Waals surface area contributed by atoms with Crippen LogP contribution in [0.25, 0.3) is 11.1 Å². The molecule has 18 heavy (non-hydrogen) atoms. The van der Waals surface area contributed by atoms with E-state index >= 15 is 0 Å². The van der Waals surface area contributed by atoms with Gasteiger partial charge < -0.3 is 4.74 Å². The summed E-state index contributed by atoms with van der Waals surface area (Å²) in [4.78, 5) is 10.7. The molecule has 2 aromatic carbocycles. The van der Waals surface area contributed by atoms with Gasteiger partial charge in [-0.3, -0.25) is 4.79 Å². The molecule has 0 amide bonds. The van der Waals surface area contributed by atoms with E-state index in [9.17, 15) is 9.18 Å². The molecule has 0 aliphatic rings. The smallest absolute Gasteiger partial charge is 0.165 e. The molecule has 0 fully saturated rings. The lowest BCUT2D eigenvalue weighted by Gasteiger charge is -2.08.